The van der Waals surface area contributed by atoms with Crippen LogP contribution in [0.5, 0.6) is 11.5 Å². The van der Waals surface area contributed by atoms with Crippen LogP contribution < -0.4 is 25.8 Å². The molecule has 1 atom stereocenters. The fraction of sp³-hybridized carbons (Fsp3) is 0.500. The summed E-state index contributed by atoms with van der Waals surface area (Å²) < 4.78 is 10.7. The SMILES string of the molecule is CNC(CCCN)CCNc1ccnc2cc(OC)c(OC)cc12. The largest absolute Gasteiger partial charge is 0.493 e. The number of fused-ring (bicyclic) bond motifs is 1. The Morgan fingerprint density at radius 2 is 1.92 bits per heavy atom. The summed E-state index contributed by atoms with van der Waals surface area (Å²) in [4.78, 5) is 4.42. The minimum Gasteiger partial charge on any atom is -0.493 e. The molecule has 132 valence electrons. The first-order valence-corrected chi connectivity index (χ1v) is 8.35. The predicted molar refractivity (Wildman–Crippen MR) is 99.1 cm³/mol. The molecule has 0 aliphatic carbocycles. The van der Waals surface area contributed by atoms with Gasteiger partial charge in [0.15, 0.2) is 11.5 Å². The third-order valence-electron chi connectivity index (χ3n) is 4.22. The average Bonchev–Trinajstić information content (AvgIpc) is 2.63. The number of nitrogens with zero attached hydrogens (tertiary/aromatic N) is 1. The lowest BCUT2D eigenvalue weighted by atomic mass is 10.1. The molecule has 0 aliphatic rings. The molecule has 0 fully saturated rings. The van der Waals surface area contributed by atoms with Crippen molar-refractivity contribution in [3.63, 3.8) is 0 Å². The summed E-state index contributed by atoms with van der Waals surface area (Å²) >= 11 is 0. The molecule has 24 heavy (non-hydrogen) atoms. The van der Waals surface area contributed by atoms with Gasteiger partial charge in [-0.3, -0.25) is 4.98 Å². The van der Waals surface area contributed by atoms with Crippen LogP contribution in [0, 0.1) is 0 Å². The topological polar surface area (TPSA) is 81.4 Å². The molecule has 4 N–H and O–H groups in total. The van der Waals surface area contributed by atoms with Crippen LogP contribution in [0.3, 0.4) is 0 Å². The Balaban J connectivity index is 2.11. The quantitative estimate of drug-likeness (QED) is 0.620. The second-order valence-corrected chi connectivity index (χ2v) is 5.71. The van der Waals surface area contributed by atoms with Gasteiger partial charge in [-0.05, 0) is 45.0 Å². The number of nitrogens with one attached hydrogen (secondary N) is 2. The minimum atomic E-state index is 0.476. The molecular formula is C18H28N4O2. The van der Waals surface area contributed by atoms with E-state index in [1.807, 2.05) is 25.2 Å². The van der Waals surface area contributed by atoms with Crippen molar-refractivity contribution in [1.82, 2.24) is 10.3 Å². The van der Waals surface area contributed by atoms with Crippen LogP contribution in [0.25, 0.3) is 10.9 Å². The zero-order chi connectivity index (χ0) is 17.4. The molecule has 0 saturated carbocycles. The molecular weight excluding hydrogens is 304 g/mol. The van der Waals surface area contributed by atoms with E-state index in [4.69, 9.17) is 15.2 Å². The maximum atomic E-state index is 5.59. The van der Waals surface area contributed by atoms with E-state index in [0.717, 1.165) is 48.9 Å². The van der Waals surface area contributed by atoms with Crippen LogP contribution >= 0.6 is 0 Å². The molecule has 1 unspecified atom stereocenters. The summed E-state index contributed by atoms with van der Waals surface area (Å²) in [6.07, 6.45) is 4.98. The van der Waals surface area contributed by atoms with Crippen molar-refractivity contribution < 1.29 is 9.47 Å². The van der Waals surface area contributed by atoms with E-state index in [2.05, 4.69) is 15.6 Å². The highest BCUT2D eigenvalue weighted by atomic mass is 16.5. The molecule has 1 aromatic carbocycles. The van der Waals surface area contributed by atoms with Gasteiger partial charge in [0.2, 0.25) is 0 Å². The normalized spacial score (nSPS) is 12.2. The molecule has 0 aliphatic heterocycles. The zero-order valence-electron chi connectivity index (χ0n) is 14.8. The number of aromatic nitrogens is 1. The third-order valence-corrected chi connectivity index (χ3v) is 4.22. The van der Waals surface area contributed by atoms with E-state index >= 15 is 0 Å². The second-order valence-electron chi connectivity index (χ2n) is 5.71. The highest BCUT2D eigenvalue weighted by Gasteiger charge is 2.10. The van der Waals surface area contributed by atoms with E-state index in [9.17, 15) is 0 Å². The fourth-order valence-electron chi connectivity index (χ4n) is 2.81. The maximum absolute atomic E-state index is 5.59. The van der Waals surface area contributed by atoms with Crippen molar-refractivity contribution in [2.45, 2.75) is 25.3 Å². The van der Waals surface area contributed by atoms with Crippen molar-refractivity contribution in [3.05, 3.63) is 24.4 Å². The number of nitrogens with two attached hydrogens (primary N) is 1. The lowest BCUT2D eigenvalue weighted by molar-refractivity contribution is 0.356. The molecule has 2 aromatic rings. The van der Waals surface area contributed by atoms with Crippen LogP contribution in [-0.4, -0.2) is 45.4 Å². The first kappa shape index (κ1) is 18.3. The highest BCUT2D eigenvalue weighted by Crippen LogP contribution is 2.34. The van der Waals surface area contributed by atoms with E-state index in [-0.39, 0.29) is 0 Å². The number of rotatable bonds is 10. The monoisotopic (exact) mass is 332 g/mol. The zero-order valence-corrected chi connectivity index (χ0v) is 14.8. The number of hydrogen-bond donors (Lipinski definition) is 3. The lowest BCUT2D eigenvalue weighted by Crippen LogP contribution is -2.28. The van der Waals surface area contributed by atoms with Gasteiger partial charge in [0, 0.05) is 35.9 Å². The van der Waals surface area contributed by atoms with Gasteiger partial charge >= 0.3 is 0 Å². The predicted octanol–water partition coefficient (Wildman–Crippen LogP) is 2.38. The van der Waals surface area contributed by atoms with Gasteiger partial charge in [-0.25, -0.2) is 0 Å². The van der Waals surface area contributed by atoms with Gasteiger partial charge in [0.05, 0.1) is 19.7 Å². The van der Waals surface area contributed by atoms with Crippen molar-refractivity contribution in [2.75, 3.05) is 39.7 Å². The van der Waals surface area contributed by atoms with E-state index in [0.29, 0.717) is 17.5 Å². The smallest absolute Gasteiger partial charge is 0.162 e. The molecule has 2 rings (SSSR count). The summed E-state index contributed by atoms with van der Waals surface area (Å²) in [5.74, 6) is 1.39. The highest BCUT2D eigenvalue weighted by molar-refractivity contribution is 5.93. The number of anilines is 1. The first-order chi connectivity index (χ1) is 11.7. The van der Waals surface area contributed by atoms with Crippen LogP contribution in [0.1, 0.15) is 19.3 Å². The first-order valence-electron chi connectivity index (χ1n) is 8.35. The van der Waals surface area contributed by atoms with E-state index < -0.39 is 0 Å². The number of benzene rings is 1. The molecule has 1 heterocycles. The summed E-state index contributed by atoms with van der Waals surface area (Å²) in [6.45, 7) is 1.62. The molecule has 0 saturated heterocycles. The molecule has 0 bridgehead atoms. The van der Waals surface area contributed by atoms with Crippen LogP contribution in [0.2, 0.25) is 0 Å². The molecule has 0 amide bonds. The van der Waals surface area contributed by atoms with Crippen molar-refractivity contribution in [2.24, 2.45) is 5.73 Å². The van der Waals surface area contributed by atoms with Gasteiger partial charge in [-0.15, -0.1) is 0 Å². The van der Waals surface area contributed by atoms with Crippen molar-refractivity contribution in [1.29, 1.82) is 0 Å². The summed E-state index contributed by atoms with van der Waals surface area (Å²) in [5.41, 5.74) is 7.52. The Morgan fingerprint density at radius 3 is 2.58 bits per heavy atom. The minimum absolute atomic E-state index is 0.476. The standard InChI is InChI=1S/C18H28N4O2/c1-20-13(5-4-8-19)6-9-21-15-7-10-22-16-12-18(24-3)17(23-2)11-14(15)16/h7,10-13,20H,4-6,8-9,19H2,1-3H3,(H,21,22). The van der Waals surface area contributed by atoms with Gasteiger partial charge in [-0.1, -0.05) is 0 Å². The Labute approximate surface area is 143 Å². The van der Waals surface area contributed by atoms with Gasteiger partial charge < -0.3 is 25.8 Å². The lowest BCUT2D eigenvalue weighted by Gasteiger charge is -2.17. The summed E-state index contributed by atoms with van der Waals surface area (Å²) in [5, 5.41) is 7.89. The number of ether oxygens (including phenoxy) is 2. The van der Waals surface area contributed by atoms with Gasteiger partial charge in [0.1, 0.15) is 0 Å². The van der Waals surface area contributed by atoms with Crippen molar-refractivity contribution in [3.8, 4) is 11.5 Å². The van der Waals surface area contributed by atoms with E-state index in [1.165, 1.54) is 0 Å². The van der Waals surface area contributed by atoms with Crippen LogP contribution in [0.15, 0.2) is 24.4 Å². The van der Waals surface area contributed by atoms with Gasteiger partial charge in [-0.2, -0.15) is 0 Å². The summed E-state index contributed by atoms with van der Waals surface area (Å²) in [7, 11) is 5.27. The third kappa shape index (κ3) is 4.49. The molecule has 0 spiro atoms. The molecule has 0 radical (unpaired) electrons. The molecule has 6 heteroatoms. The Morgan fingerprint density at radius 1 is 1.17 bits per heavy atom. The fourth-order valence-corrected chi connectivity index (χ4v) is 2.81. The number of pyridine rings is 1. The molecule has 1 aromatic heterocycles. The Kier molecular flexibility index (Phi) is 7.08. The Hall–Kier alpha value is -2.05. The van der Waals surface area contributed by atoms with Gasteiger partial charge in [0.25, 0.3) is 0 Å². The van der Waals surface area contributed by atoms with Crippen LogP contribution in [-0.2, 0) is 0 Å². The summed E-state index contributed by atoms with van der Waals surface area (Å²) in [6, 6.07) is 6.33. The Bertz CT molecular complexity index is 648. The van der Waals surface area contributed by atoms with Crippen LogP contribution in [0.4, 0.5) is 5.69 Å². The van der Waals surface area contributed by atoms with Crippen molar-refractivity contribution >= 4 is 16.6 Å². The van der Waals surface area contributed by atoms with E-state index in [1.54, 1.807) is 20.4 Å². The molecule has 6 nitrogen and oxygen atoms in total. The number of hydrogen-bond acceptors (Lipinski definition) is 6. The maximum Gasteiger partial charge on any atom is 0.162 e. The second kappa shape index (κ2) is 9.30. The number of methoxy groups -OCH3 is 2. The average molecular weight is 332 g/mol.